The first-order valence-electron chi connectivity index (χ1n) is 4.21. The molecule has 0 N–H and O–H groups in total. The lowest BCUT2D eigenvalue weighted by Gasteiger charge is -2.11. The molecule has 0 amide bonds. The van der Waals surface area contributed by atoms with Crippen LogP contribution in [0, 0.1) is 23.1 Å². The fourth-order valence-corrected chi connectivity index (χ4v) is 1.14. The molecule has 1 aromatic rings. The summed E-state index contributed by atoms with van der Waals surface area (Å²) in [4.78, 5) is 1.20. The van der Waals surface area contributed by atoms with Gasteiger partial charge in [-0.2, -0.15) is 5.26 Å². The van der Waals surface area contributed by atoms with Crippen molar-refractivity contribution >= 4 is 0 Å². The molecule has 0 heterocycles. The molecule has 0 spiro atoms. The van der Waals surface area contributed by atoms with Crippen LogP contribution in [0.4, 0.5) is 8.78 Å². The van der Waals surface area contributed by atoms with E-state index in [1.54, 1.807) is 6.19 Å². The van der Waals surface area contributed by atoms with Gasteiger partial charge in [0.1, 0.15) is 5.82 Å². The molecule has 0 saturated carbocycles. The van der Waals surface area contributed by atoms with Crippen LogP contribution in [-0.2, 0) is 6.54 Å². The number of nitriles is 1. The molecule has 0 aromatic heterocycles. The molecular weight excluding hydrogens is 202 g/mol. The Morgan fingerprint density at radius 1 is 1.40 bits per heavy atom. The Bertz CT molecular complexity index is 401. The molecule has 0 aliphatic heterocycles. The third-order valence-corrected chi connectivity index (χ3v) is 1.90. The standard InChI is InChI=1S/C10H10F2N2O/c1-14(6-13)5-7-3-9(12)10(15-2)4-8(7)11/h3-4H,5H2,1-2H3. The van der Waals surface area contributed by atoms with Crippen molar-refractivity contribution < 1.29 is 13.5 Å². The zero-order valence-corrected chi connectivity index (χ0v) is 8.42. The van der Waals surface area contributed by atoms with Crippen LogP contribution >= 0.6 is 0 Å². The van der Waals surface area contributed by atoms with E-state index in [2.05, 4.69) is 4.74 Å². The minimum atomic E-state index is -0.639. The van der Waals surface area contributed by atoms with Gasteiger partial charge in [-0.3, -0.25) is 0 Å². The molecule has 0 aliphatic rings. The number of benzene rings is 1. The monoisotopic (exact) mass is 212 g/mol. The summed E-state index contributed by atoms with van der Waals surface area (Å²) in [6, 6.07) is 2.00. The molecule has 0 radical (unpaired) electrons. The van der Waals surface area contributed by atoms with Crippen LogP contribution in [0.2, 0.25) is 0 Å². The summed E-state index contributed by atoms with van der Waals surface area (Å²) in [5.74, 6) is -1.37. The van der Waals surface area contributed by atoms with Crippen molar-refractivity contribution in [1.82, 2.24) is 4.90 Å². The van der Waals surface area contributed by atoms with Crippen LogP contribution in [0.3, 0.4) is 0 Å². The number of hydrogen-bond acceptors (Lipinski definition) is 3. The summed E-state index contributed by atoms with van der Waals surface area (Å²) in [7, 11) is 2.75. The highest BCUT2D eigenvalue weighted by Crippen LogP contribution is 2.21. The van der Waals surface area contributed by atoms with Gasteiger partial charge in [0.05, 0.1) is 13.7 Å². The molecule has 0 unspecified atom stereocenters. The number of ether oxygens (including phenoxy) is 1. The van der Waals surface area contributed by atoms with Crippen molar-refractivity contribution in [2.45, 2.75) is 6.54 Å². The van der Waals surface area contributed by atoms with E-state index in [0.717, 1.165) is 12.1 Å². The zero-order chi connectivity index (χ0) is 11.4. The summed E-state index contributed by atoms with van der Waals surface area (Å²) >= 11 is 0. The third-order valence-electron chi connectivity index (χ3n) is 1.90. The number of rotatable bonds is 3. The molecule has 0 saturated heterocycles. The highest BCUT2D eigenvalue weighted by Gasteiger charge is 2.11. The number of halogens is 2. The topological polar surface area (TPSA) is 36.3 Å². The molecule has 0 fully saturated rings. The fourth-order valence-electron chi connectivity index (χ4n) is 1.14. The van der Waals surface area contributed by atoms with Crippen LogP contribution in [-0.4, -0.2) is 19.1 Å². The van der Waals surface area contributed by atoms with Crippen molar-refractivity contribution in [3.05, 3.63) is 29.3 Å². The third kappa shape index (κ3) is 2.56. The lowest BCUT2D eigenvalue weighted by molar-refractivity contribution is 0.379. The Morgan fingerprint density at radius 2 is 2.07 bits per heavy atom. The van der Waals surface area contributed by atoms with Gasteiger partial charge in [0, 0.05) is 18.7 Å². The highest BCUT2D eigenvalue weighted by molar-refractivity contribution is 5.30. The van der Waals surface area contributed by atoms with E-state index < -0.39 is 11.6 Å². The smallest absolute Gasteiger partial charge is 0.179 e. The van der Waals surface area contributed by atoms with E-state index in [9.17, 15) is 8.78 Å². The molecule has 1 aromatic carbocycles. The van der Waals surface area contributed by atoms with Crippen LogP contribution in [0.15, 0.2) is 12.1 Å². The summed E-state index contributed by atoms with van der Waals surface area (Å²) in [5.41, 5.74) is 0.123. The van der Waals surface area contributed by atoms with Gasteiger partial charge in [-0.1, -0.05) is 0 Å². The van der Waals surface area contributed by atoms with Crippen molar-refractivity contribution in [2.24, 2.45) is 0 Å². The van der Waals surface area contributed by atoms with E-state index in [0.29, 0.717) is 0 Å². The maximum Gasteiger partial charge on any atom is 0.179 e. The van der Waals surface area contributed by atoms with Crippen LogP contribution in [0.1, 0.15) is 5.56 Å². The molecule has 80 valence electrons. The van der Waals surface area contributed by atoms with Crippen molar-refractivity contribution in [3.63, 3.8) is 0 Å². The number of nitrogens with zero attached hydrogens (tertiary/aromatic N) is 2. The first kappa shape index (κ1) is 11.2. The van der Waals surface area contributed by atoms with Gasteiger partial charge in [0.25, 0.3) is 0 Å². The van der Waals surface area contributed by atoms with Crippen LogP contribution in [0.5, 0.6) is 5.75 Å². The van der Waals surface area contributed by atoms with Gasteiger partial charge < -0.3 is 9.64 Å². The minimum absolute atomic E-state index is 0.0310. The molecule has 15 heavy (non-hydrogen) atoms. The van der Waals surface area contributed by atoms with Gasteiger partial charge in [-0.15, -0.1) is 0 Å². The Labute approximate surface area is 86.5 Å². The SMILES string of the molecule is COc1cc(F)c(CN(C)C#N)cc1F. The maximum absolute atomic E-state index is 13.3. The second-order valence-corrected chi connectivity index (χ2v) is 3.03. The lowest BCUT2D eigenvalue weighted by Crippen LogP contribution is -2.12. The molecule has 0 aliphatic carbocycles. The first-order valence-corrected chi connectivity index (χ1v) is 4.21. The normalized spacial score (nSPS) is 9.53. The summed E-state index contributed by atoms with van der Waals surface area (Å²) in [6.45, 7) is 0.0310. The van der Waals surface area contributed by atoms with Crippen molar-refractivity contribution in [3.8, 4) is 11.9 Å². The Balaban J connectivity index is 3.01. The van der Waals surface area contributed by atoms with Crippen molar-refractivity contribution in [1.29, 1.82) is 5.26 Å². The molecular formula is C10H10F2N2O. The molecule has 3 nitrogen and oxygen atoms in total. The number of methoxy groups -OCH3 is 1. The molecule has 5 heteroatoms. The minimum Gasteiger partial charge on any atom is -0.494 e. The average molecular weight is 212 g/mol. The fraction of sp³-hybridized carbons (Fsp3) is 0.300. The van der Waals surface area contributed by atoms with Gasteiger partial charge in [0.2, 0.25) is 0 Å². The van der Waals surface area contributed by atoms with E-state index in [-0.39, 0.29) is 17.9 Å². The summed E-state index contributed by atoms with van der Waals surface area (Å²) < 4.78 is 31.1. The quantitative estimate of drug-likeness (QED) is 0.567. The van der Waals surface area contributed by atoms with Gasteiger partial charge in [-0.05, 0) is 6.07 Å². The summed E-state index contributed by atoms with van der Waals surface area (Å²) in [5, 5.41) is 8.49. The average Bonchev–Trinajstić information content (AvgIpc) is 2.22. The summed E-state index contributed by atoms with van der Waals surface area (Å²) in [6.07, 6.45) is 1.80. The Morgan fingerprint density at radius 3 is 2.60 bits per heavy atom. The van der Waals surface area contributed by atoms with Crippen molar-refractivity contribution in [2.75, 3.05) is 14.2 Å². The van der Waals surface area contributed by atoms with E-state index in [4.69, 9.17) is 5.26 Å². The second kappa shape index (κ2) is 4.60. The molecule has 0 bridgehead atoms. The lowest BCUT2D eigenvalue weighted by atomic mass is 10.2. The number of hydrogen-bond donors (Lipinski definition) is 0. The second-order valence-electron chi connectivity index (χ2n) is 3.03. The van der Waals surface area contributed by atoms with Gasteiger partial charge in [0.15, 0.2) is 17.8 Å². The maximum atomic E-state index is 13.3. The van der Waals surface area contributed by atoms with Crippen LogP contribution in [0.25, 0.3) is 0 Å². The molecule has 1 rings (SSSR count). The largest absolute Gasteiger partial charge is 0.494 e. The Hall–Kier alpha value is -1.83. The van der Waals surface area contributed by atoms with Gasteiger partial charge in [-0.25, -0.2) is 8.78 Å². The van der Waals surface area contributed by atoms with E-state index >= 15 is 0 Å². The van der Waals surface area contributed by atoms with E-state index in [1.807, 2.05) is 0 Å². The molecule has 0 atom stereocenters. The predicted molar refractivity (Wildman–Crippen MR) is 50.0 cm³/mol. The zero-order valence-electron chi connectivity index (χ0n) is 8.42. The highest BCUT2D eigenvalue weighted by atomic mass is 19.1. The Kier molecular flexibility index (Phi) is 3.45. The van der Waals surface area contributed by atoms with E-state index in [1.165, 1.54) is 19.1 Å². The first-order chi connectivity index (χ1) is 7.08. The van der Waals surface area contributed by atoms with Crippen LogP contribution < -0.4 is 4.74 Å². The van der Waals surface area contributed by atoms with Gasteiger partial charge >= 0.3 is 0 Å². The predicted octanol–water partition coefficient (Wildman–Crippen LogP) is 1.89.